The maximum Gasteiger partial charge on any atom is 0.336 e. The zero-order valence-corrected chi connectivity index (χ0v) is 11.9. The van der Waals surface area contributed by atoms with Gasteiger partial charge >= 0.3 is 5.97 Å². The lowest BCUT2D eigenvalue weighted by Gasteiger charge is -2.06. The number of carbonyl (C=O) groups excluding carboxylic acids is 1. The molecule has 0 spiro atoms. The highest BCUT2D eigenvalue weighted by atomic mass is 127. The number of hydrogen-bond donors (Lipinski definition) is 3. The van der Waals surface area contributed by atoms with Crippen LogP contribution in [0.3, 0.4) is 0 Å². The summed E-state index contributed by atoms with van der Waals surface area (Å²) in [6, 6.07) is 3.63. The number of halogens is 1. The molecule has 0 atom stereocenters. The van der Waals surface area contributed by atoms with E-state index in [0.29, 0.717) is 3.57 Å². The van der Waals surface area contributed by atoms with Gasteiger partial charge in [0.2, 0.25) is 15.9 Å². The quantitative estimate of drug-likeness (QED) is 0.604. The van der Waals surface area contributed by atoms with Crippen molar-refractivity contribution < 1.29 is 23.1 Å². The summed E-state index contributed by atoms with van der Waals surface area (Å²) in [6.07, 6.45) is 0. The Hall–Kier alpha value is -1.20. The molecule has 0 bridgehead atoms. The summed E-state index contributed by atoms with van der Waals surface area (Å²) in [5.41, 5.74) is 4.69. The van der Waals surface area contributed by atoms with E-state index in [1.807, 2.05) is 4.72 Å². The Balaban J connectivity index is 3.14. The van der Waals surface area contributed by atoms with Crippen molar-refractivity contribution >= 4 is 44.5 Å². The summed E-state index contributed by atoms with van der Waals surface area (Å²) >= 11 is 1.78. The van der Waals surface area contributed by atoms with E-state index in [4.69, 9.17) is 10.8 Å². The molecule has 18 heavy (non-hydrogen) atoms. The van der Waals surface area contributed by atoms with Crippen LogP contribution in [0.1, 0.15) is 10.4 Å². The fraction of sp³-hybridized carbons (Fsp3) is 0.111. The highest BCUT2D eigenvalue weighted by Crippen LogP contribution is 2.17. The molecule has 0 saturated heterocycles. The number of nitrogens with one attached hydrogen (secondary N) is 1. The van der Waals surface area contributed by atoms with E-state index in [2.05, 4.69) is 0 Å². The molecule has 0 aliphatic heterocycles. The number of carboxylic acid groups (broad SMARTS) is 1. The summed E-state index contributed by atoms with van der Waals surface area (Å²) in [7, 11) is -3.95. The zero-order valence-electron chi connectivity index (χ0n) is 8.88. The number of primary amides is 1. The first-order valence-corrected chi connectivity index (χ1v) is 7.11. The molecule has 9 heteroatoms. The van der Waals surface area contributed by atoms with Crippen LogP contribution >= 0.6 is 22.6 Å². The molecule has 0 aliphatic rings. The first kappa shape index (κ1) is 14.9. The average molecular weight is 384 g/mol. The third-order valence-electron chi connectivity index (χ3n) is 1.91. The lowest BCUT2D eigenvalue weighted by molar-refractivity contribution is -0.116. The minimum absolute atomic E-state index is 0.127. The van der Waals surface area contributed by atoms with Gasteiger partial charge in [0, 0.05) is 3.57 Å². The van der Waals surface area contributed by atoms with Crippen molar-refractivity contribution in [2.24, 2.45) is 5.73 Å². The van der Waals surface area contributed by atoms with Gasteiger partial charge in [-0.05, 0) is 40.8 Å². The van der Waals surface area contributed by atoms with Gasteiger partial charge in [-0.3, -0.25) is 4.79 Å². The molecular weight excluding hydrogens is 375 g/mol. The fourth-order valence-electron chi connectivity index (χ4n) is 1.08. The Morgan fingerprint density at radius 3 is 2.50 bits per heavy atom. The van der Waals surface area contributed by atoms with E-state index >= 15 is 0 Å². The highest BCUT2D eigenvalue weighted by molar-refractivity contribution is 14.1. The van der Waals surface area contributed by atoms with Crippen molar-refractivity contribution in [2.75, 3.05) is 6.54 Å². The van der Waals surface area contributed by atoms with Gasteiger partial charge in [-0.2, -0.15) is 0 Å². The molecule has 0 saturated carbocycles. The molecule has 1 aromatic carbocycles. The van der Waals surface area contributed by atoms with Gasteiger partial charge in [0.15, 0.2) is 0 Å². The van der Waals surface area contributed by atoms with Gasteiger partial charge in [0.25, 0.3) is 0 Å². The van der Waals surface area contributed by atoms with Crippen LogP contribution in [0.5, 0.6) is 0 Å². The number of rotatable bonds is 5. The van der Waals surface area contributed by atoms with Crippen molar-refractivity contribution in [1.29, 1.82) is 0 Å². The molecule has 0 aromatic heterocycles. The second-order valence-electron chi connectivity index (χ2n) is 3.24. The van der Waals surface area contributed by atoms with E-state index in [0.717, 1.165) is 6.07 Å². The molecule has 0 radical (unpaired) electrons. The van der Waals surface area contributed by atoms with E-state index in [-0.39, 0.29) is 10.5 Å². The Kier molecular flexibility index (Phi) is 4.65. The summed E-state index contributed by atoms with van der Waals surface area (Å²) in [5.74, 6) is -2.06. The monoisotopic (exact) mass is 384 g/mol. The number of carbonyl (C=O) groups is 2. The number of benzene rings is 1. The first-order chi connectivity index (χ1) is 8.24. The standard InChI is InChI=1S/C9H9IN2O5S/c10-7-2-1-5(3-6(7)9(14)15)18(16,17)12-4-8(11)13/h1-3,12H,4H2,(H2,11,13)(H,14,15). The molecule has 7 nitrogen and oxygen atoms in total. The van der Waals surface area contributed by atoms with Crippen molar-refractivity contribution in [3.05, 3.63) is 27.3 Å². The predicted molar refractivity (Wildman–Crippen MR) is 70.5 cm³/mol. The molecule has 0 heterocycles. The van der Waals surface area contributed by atoms with E-state index in [9.17, 15) is 18.0 Å². The number of hydrogen-bond acceptors (Lipinski definition) is 4. The number of aromatic carboxylic acids is 1. The highest BCUT2D eigenvalue weighted by Gasteiger charge is 2.18. The van der Waals surface area contributed by atoms with Crippen molar-refractivity contribution in [2.45, 2.75) is 4.90 Å². The summed E-state index contributed by atoms with van der Waals surface area (Å²) in [4.78, 5) is 21.1. The zero-order chi connectivity index (χ0) is 13.9. The van der Waals surface area contributed by atoms with Crippen LogP contribution in [0.15, 0.2) is 23.1 Å². The number of carboxylic acids is 1. The van der Waals surface area contributed by atoms with Crippen molar-refractivity contribution in [1.82, 2.24) is 4.72 Å². The Morgan fingerprint density at radius 1 is 1.39 bits per heavy atom. The lowest BCUT2D eigenvalue weighted by atomic mass is 10.2. The molecule has 1 amide bonds. The van der Waals surface area contributed by atoms with Crippen LogP contribution in [-0.4, -0.2) is 31.9 Å². The van der Waals surface area contributed by atoms with Crippen LogP contribution in [0.2, 0.25) is 0 Å². The minimum Gasteiger partial charge on any atom is -0.478 e. The smallest absolute Gasteiger partial charge is 0.336 e. The average Bonchev–Trinajstić information content (AvgIpc) is 2.26. The lowest BCUT2D eigenvalue weighted by Crippen LogP contribution is -2.33. The largest absolute Gasteiger partial charge is 0.478 e. The summed E-state index contributed by atoms with van der Waals surface area (Å²) in [5, 5.41) is 8.88. The van der Waals surface area contributed by atoms with E-state index in [1.54, 1.807) is 22.6 Å². The Morgan fingerprint density at radius 2 is 2.00 bits per heavy atom. The fourth-order valence-corrected chi connectivity index (χ4v) is 2.67. The van der Waals surface area contributed by atoms with Gasteiger partial charge in [-0.15, -0.1) is 0 Å². The molecule has 1 rings (SSSR count). The second-order valence-corrected chi connectivity index (χ2v) is 6.17. The van der Waals surface area contributed by atoms with Crippen LogP contribution < -0.4 is 10.5 Å². The normalized spacial score (nSPS) is 11.2. The molecule has 0 aliphatic carbocycles. The summed E-state index contributed by atoms with van der Waals surface area (Å²) in [6.45, 7) is -0.545. The number of nitrogens with two attached hydrogens (primary N) is 1. The SMILES string of the molecule is NC(=O)CNS(=O)(=O)c1ccc(I)c(C(=O)O)c1. The first-order valence-electron chi connectivity index (χ1n) is 4.55. The Bertz CT molecular complexity index is 599. The van der Waals surface area contributed by atoms with Gasteiger partial charge in [0.1, 0.15) is 0 Å². The topological polar surface area (TPSA) is 127 Å². The third-order valence-corrected chi connectivity index (χ3v) is 4.25. The van der Waals surface area contributed by atoms with Crippen LogP contribution in [0.25, 0.3) is 0 Å². The van der Waals surface area contributed by atoms with Gasteiger partial charge in [-0.25, -0.2) is 17.9 Å². The maximum absolute atomic E-state index is 11.7. The number of amides is 1. The van der Waals surface area contributed by atoms with E-state index in [1.165, 1.54) is 12.1 Å². The van der Waals surface area contributed by atoms with Crippen molar-refractivity contribution in [3.63, 3.8) is 0 Å². The van der Waals surface area contributed by atoms with Gasteiger partial charge in [0.05, 0.1) is 17.0 Å². The van der Waals surface area contributed by atoms with Crippen LogP contribution in [-0.2, 0) is 14.8 Å². The van der Waals surface area contributed by atoms with Gasteiger partial charge < -0.3 is 10.8 Å². The van der Waals surface area contributed by atoms with Crippen LogP contribution in [0.4, 0.5) is 0 Å². The second kappa shape index (κ2) is 5.63. The van der Waals surface area contributed by atoms with E-state index < -0.39 is 28.4 Å². The van der Waals surface area contributed by atoms with Crippen LogP contribution in [0, 0.1) is 3.57 Å². The minimum atomic E-state index is -3.95. The number of sulfonamides is 1. The molecular formula is C9H9IN2O5S. The molecule has 98 valence electrons. The molecule has 1 aromatic rings. The molecule has 4 N–H and O–H groups in total. The maximum atomic E-state index is 11.7. The predicted octanol–water partition coefficient (Wildman–Crippen LogP) is -0.247. The van der Waals surface area contributed by atoms with Crippen molar-refractivity contribution in [3.8, 4) is 0 Å². The molecule has 0 unspecified atom stereocenters. The summed E-state index contributed by atoms with van der Waals surface area (Å²) < 4.78 is 25.8. The molecule has 0 fully saturated rings. The Labute approximate surface area is 117 Å². The third kappa shape index (κ3) is 3.65. The van der Waals surface area contributed by atoms with Gasteiger partial charge in [-0.1, -0.05) is 0 Å².